The zero-order valence-electron chi connectivity index (χ0n) is 15.8. The summed E-state index contributed by atoms with van der Waals surface area (Å²) >= 11 is 0. The number of benzene rings is 1. The molecular formula is C18H26BFN2O4. The van der Waals surface area contributed by atoms with E-state index in [1.54, 1.807) is 12.1 Å². The summed E-state index contributed by atoms with van der Waals surface area (Å²) in [5.74, 6) is 0. The molecule has 1 atom stereocenters. The van der Waals surface area contributed by atoms with Crippen molar-refractivity contribution in [2.24, 2.45) is 5.41 Å². The molecule has 1 aromatic rings. The molecule has 1 unspecified atom stereocenters. The van der Waals surface area contributed by atoms with E-state index >= 15 is 0 Å². The summed E-state index contributed by atoms with van der Waals surface area (Å²) < 4.78 is 26.0. The predicted molar refractivity (Wildman–Crippen MR) is 99.7 cm³/mol. The van der Waals surface area contributed by atoms with Crippen LogP contribution in [-0.2, 0) is 9.31 Å². The lowest BCUT2D eigenvalue weighted by Gasteiger charge is -2.34. The van der Waals surface area contributed by atoms with Crippen LogP contribution in [0.3, 0.4) is 0 Å². The summed E-state index contributed by atoms with van der Waals surface area (Å²) in [6.45, 7) is 8.81. The number of halogens is 1. The van der Waals surface area contributed by atoms with Gasteiger partial charge < -0.3 is 14.2 Å². The van der Waals surface area contributed by atoms with Gasteiger partial charge in [0.05, 0.1) is 11.0 Å². The molecule has 0 amide bonds. The molecule has 3 rings (SSSR count). The maximum atomic E-state index is 14.6. The van der Waals surface area contributed by atoms with Crippen molar-refractivity contribution in [3.8, 4) is 0 Å². The van der Waals surface area contributed by atoms with Gasteiger partial charge in [-0.1, -0.05) is 19.9 Å². The Hall–Kier alpha value is -1.67. The Morgan fingerprint density at radius 3 is 2.58 bits per heavy atom. The number of hydrogen-bond donors (Lipinski definition) is 0. The largest absolute Gasteiger partial charge is 0.494 e. The van der Waals surface area contributed by atoms with E-state index in [2.05, 4.69) is 0 Å². The molecule has 0 bridgehead atoms. The monoisotopic (exact) mass is 364 g/mol. The Bertz CT molecular complexity index is 682. The van der Waals surface area contributed by atoms with E-state index in [-0.39, 0.29) is 17.1 Å². The van der Waals surface area contributed by atoms with Crippen LogP contribution >= 0.6 is 0 Å². The maximum Gasteiger partial charge on any atom is 0.494 e. The number of hydrogen-bond acceptors (Lipinski definition) is 5. The summed E-state index contributed by atoms with van der Waals surface area (Å²) in [4.78, 5) is 13.1. The van der Waals surface area contributed by atoms with Crippen molar-refractivity contribution in [2.45, 2.75) is 52.2 Å². The Balaban J connectivity index is 1.90. The minimum absolute atomic E-state index is 0.0318. The first kappa shape index (κ1) is 19.1. The van der Waals surface area contributed by atoms with E-state index in [0.717, 1.165) is 6.42 Å². The third-order valence-corrected chi connectivity index (χ3v) is 5.07. The number of nitro groups is 1. The Morgan fingerprint density at radius 2 is 2.00 bits per heavy atom. The van der Waals surface area contributed by atoms with Crippen LogP contribution in [0.4, 0.5) is 15.8 Å². The topological polar surface area (TPSA) is 64.8 Å². The van der Waals surface area contributed by atoms with Gasteiger partial charge >= 0.3 is 7.12 Å². The number of anilines is 1. The van der Waals surface area contributed by atoms with Crippen molar-refractivity contribution < 1.29 is 18.6 Å². The van der Waals surface area contributed by atoms with Gasteiger partial charge in [-0.25, -0.2) is 4.39 Å². The van der Waals surface area contributed by atoms with Gasteiger partial charge in [-0.15, -0.1) is 0 Å². The van der Waals surface area contributed by atoms with Crippen LogP contribution in [0.25, 0.3) is 0 Å². The molecular weight excluding hydrogens is 338 g/mol. The molecule has 0 N–H and O–H groups in total. The summed E-state index contributed by atoms with van der Waals surface area (Å²) in [5, 5.41) is 11.7. The lowest BCUT2D eigenvalue weighted by molar-refractivity contribution is -0.384. The van der Waals surface area contributed by atoms with E-state index in [0.29, 0.717) is 37.3 Å². The van der Waals surface area contributed by atoms with Crippen LogP contribution in [0.1, 0.15) is 40.5 Å². The van der Waals surface area contributed by atoms with Gasteiger partial charge in [0, 0.05) is 31.2 Å². The van der Waals surface area contributed by atoms with E-state index in [1.165, 1.54) is 19.9 Å². The normalized spacial score (nSPS) is 23.3. The van der Waals surface area contributed by atoms with Crippen molar-refractivity contribution >= 4 is 24.0 Å². The van der Waals surface area contributed by atoms with Gasteiger partial charge in [0.2, 0.25) is 0 Å². The minimum Gasteiger partial charge on any atom is -0.407 e. The highest BCUT2D eigenvalue weighted by Crippen LogP contribution is 2.38. The fourth-order valence-corrected chi connectivity index (χ4v) is 3.73. The lowest BCUT2D eigenvalue weighted by Crippen LogP contribution is -2.47. The molecule has 2 aliphatic heterocycles. The average Bonchev–Trinajstić information content (AvgIpc) is 3.04. The molecule has 2 saturated heterocycles. The summed E-state index contributed by atoms with van der Waals surface area (Å²) in [6, 6.07) is 4.62. The number of nitrogens with zero attached hydrogens (tertiary/aromatic N) is 2. The number of nitro benzene ring substituents is 1. The van der Waals surface area contributed by atoms with E-state index in [4.69, 9.17) is 9.31 Å². The molecule has 26 heavy (non-hydrogen) atoms. The van der Waals surface area contributed by atoms with Crippen LogP contribution < -0.4 is 10.4 Å². The highest BCUT2D eigenvalue weighted by molar-refractivity contribution is 6.61. The van der Waals surface area contributed by atoms with Gasteiger partial charge in [-0.2, -0.15) is 0 Å². The first-order valence-electron chi connectivity index (χ1n) is 9.06. The molecule has 1 aromatic carbocycles. The second-order valence-electron chi connectivity index (χ2n) is 8.54. The second-order valence-corrected chi connectivity index (χ2v) is 8.54. The van der Waals surface area contributed by atoms with Crippen molar-refractivity contribution in [1.29, 1.82) is 0 Å². The molecule has 0 radical (unpaired) electrons. The Labute approximate surface area is 153 Å². The van der Waals surface area contributed by atoms with E-state index in [1.807, 2.05) is 18.7 Å². The van der Waals surface area contributed by atoms with Crippen molar-refractivity contribution in [2.75, 3.05) is 24.7 Å². The highest BCUT2D eigenvalue weighted by atomic mass is 19.1. The van der Waals surface area contributed by atoms with Gasteiger partial charge in [0.15, 0.2) is 0 Å². The number of rotatable bonds is 4. The molecule has 0 spiro atoms. The third kappa shape index (κ3) is 3.86. The number of alkyl halides is 1. The van der Waals surface area contributed by atoms with E-state index < -0.39 is 17.7 Å². The van der Waals surface area contributed by atoms with Crippen LogP contribution in [0.2, 0.25) is 0 Å². The average molecular weight is 364 g/mol. The predicted octanol–water partition coefficient (Wildman–Crippen LogP) is 3.08. The second kappa shape index (κ2) is 6.81. The third-order valence-electron chi connectivity index (χ3n) is 5.07. The van der Waals surface area contributed by atoms with Gasteiger partial charge in [0.25, 0.3) is 5.69 Å². The van der Waals surface area contributed by atoms with Crippen molar-refractivity contribution in [1.82, 2.24) is 0 Å². The highest BCUT2D eigenvalue weighted by Gasteiger charge is 2.41. The zero-order valence-corrected chi connectivity index (χ0v) is 15.8. The van der Waals surface area contributed by atoms with E-state index in [9.17, 15) is 14.5 Å². The first-order valence-corrected chi connectivity index (χ1v) is 9.06. The quantitative estimate of drug-likeness (QED) is 0.467. The Kier molecular flexibility index (Phi) is 5.01. The molecule has 2 aliphatic rings. The molecule has 6 nitrogen and oxygen atoms in total. The first-order chi connectivity index (χ1) is 12.1. The molecule has 0 aromatic heterocycles. The molecule has 2 heterocycles. The summed E-state index contributed by atoms with van der Waals surface area (Å²) in [5.41, 5.74) is -0.452. The smallest absolute Gasteiger partial charge is 0.407 e. The van der Waals surface area contributed by atoms with Crippen LogP contribution in [0.15, 0.2) is 18.2 Å². The summed E-state index contributed by atoms with van der Waals surface area (Å²) in [6.07, 6.45) is 1.51. The van der Waals surface area contributed by atoms with Gasteiger partial charge in [-0.05, 0) is 38.2 Å². The molecule has 2 fully saturated rings. The summed E-state index contributed by atoms with van der Waals surface area (Å²) in [7, 11) is -0.609. The van der Waals surface area contributed by atoms with Gasteiger partial charge in [-0.3, -0.25) is 10.1 Å². The lowest BCUT2D eigenvalue weighted by atomic mass is 9.75. The Morgan fingerprint density at radius 1 is 1.35 bits per heavy atom. The molecule has 142 valence electrons. The van der Waals surface area contributed by atoms with Crippen LogP contribution in [0, 0.1) is 15.5 Å². The molecule has 0 aliphatic carbocycles. The van der Waals surface area contributed by atoms with Crippen LogP contribution in [-0.4, -0.2) is 43.5 Å². The maximum absolute atomic E-state index is 14.6. The van der Waals surface area contributed by atoms with Crippen LogP contribution in [0.5, 0.6) is 0 Å². The van der Waals surface area contributed by atoms with Crippen molar-refractivity contribution in [3.63, 3.8) is 0 Å². The fourth-order valence-electron chi connectivity index (χ4n) is 3.73. The SMILES string of the molecule is CC1(C)COB(c2ccc(N3CCCC3C(C)(C)F)c([N+](=O)[O-])c2)OC1. The van der Waals surface area contributed by atoms with Crippen molar-refractivity contribution in [3.05, 3.63) is 28.3 Å². The zero-order chi connectivity index (χ0) is 19.1. The minimum atomic E-state index is -1.43. The van der Waals surface area contributed by atoms with Gasteiger partial charge in [0.1, 0.15) is 11.4 Å². The molecule has 8 heteroatoms. The standard InChI is InChI=1S/C18H26BFN2O4/c1-17(2)11-25-19(26-12-17)13-7-8-14(15(10-13)22(23)24)21-9-5-6-16(21)18(3,4)20/h7-8,10,16H,5-6,9,11-12H2,1-4H3. The molecule has 0 saturated carbocycles. The fraction of sp³-hybridized carbons (Fsp3) is 0.667.